The van der Waals surface area contributed by atoms with Gasteiger partial charge in [-0.2, -0.15) is 0 Å². The zero-order valence-corrected chi connectivity index (χ0v) is 11.3. The Morgan fingerprint density at radius 1 is 0.588 bits per heavy atom. The Balaban J connectivity index is 1.70. The van der Waals surface area contributed by atoms with Gasteiger partial charge in [0.15, 0.2) is 0 Å². The van der Waals surface area contributed by atoms with Crippen LogP contribution in [0.1, 0.15) is 83.5 Å². The first kappa shape index (κ1) is 13.4. The van der Waals surface area contributed by atoms with Gasteiger partial charge in [0.2, 0.25) is 0 Å². The van der Waals surface area contributed by atoms with Gasteiger partial charge in [0, 0.05) is 11.1 Å². The third kappa shape index (κ3) is 3.96. The van der Waals surface area contributed by atoms with Crippen molar-refractivity contribution in [2.45, 2.75) is 94.5 Å². The van der Waals surface area contributed by atoms with Crippen LogP contribution in [0.3, 0.4) is 0 Å². The summed E-state index contributed by atoms with van der Waals surface area (Å²) < 4.78 is 0. The van der Waals surface area contributed by atoms with Gasteiger partial charge in [0.1, 0.15) is 0 Å². The molecular weight excluding hydrogens is 208 g/mol. The summed E-state index contributed by atoms with van der Waals surface area (Å²) in [5, 5.41) is 0. The van der Waals surface area contributed by atoms with Crippen molar-refractivity contribution in [3.05, 3.63) is 0 Å². The molecule has 2 saturated carbocycles. The molecule has 0 aliphatic heterocycles. The normalized spacial score (nSPS) is 27.9. The maximum Gasteiger partial charge on any atom is 0.0154 e. The molecular formula is C15H30N2. The molecule has 0 radical (unpaired) electrons. The Morgan fingerprint density at radius 2 is 0.941 bits per heavy atom. The van der Waals surface area contributed by atoms with Crippen LogP contribution in [0.25, 0.3) is 0 Å². The van der Waals surface area contributed by atoms with Gasteiger partial charge in [-0.3, -0.25) is 0 Å². The molecule has 0 amide bonds. The summed E-state index contributed by atoms with van der Waals surface area (Å²) in [4.78, 5) is 0. The van der Waals surface area contributed by atoms with E-state index in [-0.39, 0.29) is 11.1 Å². The van der Waals surface area contributed by atoms with Crippen LogP contribution in [0, 0.1) is 0 Å². The van der Waals surface area contributed by atoms with Gasteiger partial charge in [-0.25, -0.2) is 0 Å². The quantitative estimate of drug-likeness (QED) is 0.788. The molecule has 100 valence electrons. The maximum atomic E-state index is 6.48. The summed E-state index contributed by atoms with van der Waals surface area (Å²) in [5.74, 6) is 0. The first-order chi connectivity index (χ1) is 8.12. The van der Waals surface area contributed by atoms with Crippen molar-refractivity contribution in [1.82, 2.24) is 0 Å². The number of nitrogens with two attached hydrogens (primary N) is 2. The summed E-state index contributed by atoms with van der Waals surface area (Å²) in [5.41, 5.74) is 13.3. The van der Waals surface area contributed by atoms with E-state index in [0.717, 1.165) is 0 Å². The van der Waals surface area contributed by atoms with Crippen molar-refractivity contribution in [2.24, 2.45) is 11.5 Å². The highest BCUT2D eigenvalue weighted by Crippen LogP contribution is 2.34. The van der Waals surface area contributed by atoms with Crippen molar-refractivity contribution < 1.29 is 0 Å². The zero-order chi connectivity index (χ0) is 12.2. The van der Waals surface area contributed by atoms with Crippen LogP contribution in [-0.4, -0.2) is 11.1 Å². The molecule has 0 bridgehead atoms. The van der Waals surface area contributed by atoms with Crippen LogP contribution in [-0.2, 0) is 0 Å². The van der Waals surface area contributed by atoms with Gasteiger partial charge in [0.25, 0.3) is 0 Å². The van der Waals surface area contributed by atoms with Crippen LogP contribution < -0.4 is 11.5 Å². The molecule has 0 saturated heterocycles. The first-order valence-corrected chi connectivity index (χ1v) is 7.70. The lowest BCUT2D eigenvalue weighted by Crippen LogP contribution is -2.44. The second-order valence-corrected chi connectivity index (χ2v) is 6.70. The van der Waals surface area contributed by atoms with E-state index in [9.17, 15) is 0 Å². The molecule has 0 heterocycles. The molecule has 4 N–H and O–H groups in total. The third-order valence-corrected chi connectivity index (χ3v) is 5.05. The average Bonchev–Trinajstić information content (AvgIpc) is 2.30. The molecule has 17 heavy (non-hydrogen) atoms. The first-order valence-electron chi connectivity index (χ1n) is 7.70. The van der Waals surface area contributed by atoms with Crippen molar-refractivity contribution in [2.75, 3.05) is 0 Å². The van der Waals surface area contributed by atoms with E-state index in [1.165, 1.54) is 83.5 Å². The topological polar surface area (TPSA) is 52.0 Å². The van der Waals surface area contributed by atoms with Crippen LogP contribution in [0.5, 0.6) is 0 Å². The fourth-order valence-corrected chi connectivity index (χ4v) is 3.80. The highest BCUT2D eigenvalue weighted by atomic mass is 14.8. The minimum atomic E-state index is 0.156. The zero-order valence-electron chi connectivity index (χ0n) is 11.3. The SMILES string of the molecule is NC1(CCCC2(N)CCCCC2)CCCCC1. The molecule has 0 atom stereocenters. The molecule has 2 heteroatoms. The van der Waals surface area contributed by atoms with Gasteiger partial charge in [0.05, 0.1) is 0 Å². The second kappa shape index (κ2) is 5.71. The smallest absolute Gasteiger partial charge is 0.0154 e. The van der Waals surface area contributed by atoms with E-state index in [4.69, 9.17) is 11.5 Å². The van der Waals surface area contributed by atoms with Gasteiger partial charge in [-0.15, -0.1) is 0 Å². The highest BCUT2D eigenvalue weighted by molar-refractivity contribution is 4.91. The molecule has 2 fully saturated rings. The van der Waals surface area contributed by atoms with Gasteiger partial charge in [-0.1, -0.05) is 38.5 Å². The number of rotatable bonds is 4. The molecule has 2 rings (SSSR count). The van der Waals surface area contributed by atoms with E-state index < -0.39 is 0 Å². The predicted molar refractivity (Wildman–Crippen MR) is 73.9 cm³/mol. The summed E-state index contributed by atoms with van der Waals surface area (Å²) in [6, 6.07) is 0. The molecule has 0 aromatic heterocycles. The van der Waals surface area contributed by atoms with E-state index in [0.29, 0.717) is 0 Å². The summed E-state index contributed by atoms with van der Waals surface area (Å²) in [6.45, 7) is 0. The average molecular weight is 238 g/mol. The van der Waals surface area contributed by atoms with E-state index in [1.807, 2.05) is 0 Å². The lowest BCUT2D eigenvalue weighted by atomic mass is 9.75. The summed E-state index contributed by atoms with van der Waals surface area (Å²) in [6.07, 6.45) is 16.7. The lowest BCUT2D eigenvalue weighted by Gasteiger charge is -2.37. The van der Waals surface area contributed by atoms with E-state index in [2.05, 4.69) is 0 Å². The Kier molecular flexibility index (Phi) is 4.48. The lowest BCUT2D eigenvalue weighted by molar-refractivity contribution is 0.233. The van der Waals surface area contributed by atoms with E-state index >= 15 is 0 Å². The van der Waals surface area contributed by atoms with Crippen LogP contribution in [0.15, 0.2) is 0 Å². The second-order valence-electron chi connectivity index (χ2n) is 6.70. The van der Waals surface area contributed by atoms with Crippen LogP contribution >= 0.6 is 0 Å². The maximum absolute atomic E-state index is 6.48. The Labute approximate surface area is 107 Å². The molecule has 2 nitrogen and oxygen atoms in total. The Hall–Kier alpha value is -0.0800. The summed E-state index contributed by atoms with van der Waals surface area (Å²) >= 11 is 0. The summed E-state index contributed by atoms with van der Waals surface area (Å²) in [7, 11) is 0. The molecule has 0 aromatic rings. The van der Waals surface area contributed by atoms with Gasteiger partial charge >= 0.3 is 0 Å². The van der Waals surface area contributed by atoms with Gasteiger partial charge in [-0.05, 0) is 44.9 Å². The third-order valence-electron chi connectivity index (χ3n) is 5.05. The highest BCUT2D eigenvalue weighted by Gasteiger charge is 2.30. The largest absolute Gasteiger partial charge is 0.325 e. The fourth-order valence-electron chi connectivity index (χ4n) is 3.80. The van der Waals surface area contributed by atoms with Crippen molar-refractivity contribution >= 4 is 0 Å². The molecule has 2 aliphatic rings. The minimum absolute atomic E-state index is 0.156. The van der Waals surface area contributed by atoms with Crippen molar-refractivity contribution in [3.63, 3.8) is 0 Å². The Morgan fingerprint density at radius 3 is 1.29 bits per heavy atom. The van der Waals surface area contributed by atoms with Gasteiger partial charge < -0.3 is 11.5 Å². The fraction of sp³-hybridized carbons (Fsp3) is 1.00. The standard InChI is InChI=1S/C15H30N2/c16-14(8-3-1-4-9-14)12-7-13-15(17)10-5-2-6-11-15/h1-13,16-17H2. The predicted octanol–water partition coefficient (Wildman–Crippen LogP) is 3.48. The van der Waals surface area contributed by atoms with Crippen LogP contribution in [0.2, 0.25) is 0 Å². The minimum Gasteiger partial charge on any atom is -0.325 e. The Bertz CT molecular complexity index is 201. The van der Waals surface area contributed by atoms with E-state index in [1.54, 1.807) is 0 Å². The molecule has 2 aliphatic carbocycles. The molecule has 0 spiro atoms. The monoisotopic (exact) mass is 238 g/mol. The van der Waals surface area contributed by atoms with Crippen molar-refractivity contribution in [3.8, 4) is 0 Å². The van der Waals surface area contributed by atoms with Crippen molar-refractivity contribution in [1.29, 1.82) is 0 Å². The number of hydrogen-bond acceptors (Lipinski definition) is 2. The molecule has 0 aromatic carbocycles. The van der Waals surface area contributed by atoms with Crippen LogP contribution in [0.4, 0.5) is 0 Å². The number of hydrogen-bond donors (Lipinski definition) is 2. The molecule has 0 unspecified atom stereocenters.